The summed E-state index contributed by atoms with van der Waals surface area (Å²) in [6.45, 7) is 0.571. The second-order valence-electron chi connectivity index (χ2n) is 6.31. The van der Waals surface area contributed by atoms with Crippen molar-refractivity contribution in [2.24, 2.45) is 0 Å². The van der Waals surface area contributed by atoms with Crippen LogP contribution in [0.5, 0.6) is 11.5 Å². The fourth-order valence-corrected chi connectivity index (χ4v) is 2.96. The maximum atomic E-state index is 12.6. The number of carbonyl (C=O) groups excluding carboxylic acids is 1. The smallest absolute Gasteiger partial charge is 0.374 e. The van der Waals surface area contributed by atoms with E-state index in [1.54, 1.807) is 0 Å². The minimum absolute atomic E-state index is 0.115. The molecular formula is C24H20O5. The monoisotopic (exact) mass is 388 g/mol. The number of rotatable bonds is 8. The SMILES string of the molecule is O=C(OCCOc1ccccc1)c1oc2ccccc2c1COc1ccccc1. The van der Waals surface area contributed by atoms with Crippen molar-refractivity contribution >= 4 is 16.9 Å². The van der Waals surface area contributed by atoms with Crippen molar-refractivity contribution in [1.82, 2.24) is 0 Å². The lowest BCUT2D eigenvalue weighted by atomic mass is 10.1. The highest BCUT2D eigenvalue weighted by molar-refractivity contribution is 5.96. The molecule has 0 spiro atoms. The average Bonchev–Trinajstić information content (AvgIpc) is 3.15. The Balaban J connectivity index is 1.44. The van der Waals surface area contributed by atoms with Gasteiger partial charge in [-0.1, -0.05) is 54.6 Å². The standard InChI is InChI=1S/C24H20O5/c25-24(27-16-15-26-18-9-3-1-4-10-18)23-21(17-28-19-11-5-2-6-12-19)20-13-7-8-14-22(20)29-23/h1-14H,15-17H2. The molecule has 0 saturated heterocycles. The van der Waals surface area contributed by atoms with Crippen LogP contribution in [0.25, 0.3) is 11.0 Å². The predicted molar refractivity (Wildman–Crippen MR) is 109 cm³/mol. The van der Waals surface area contributed by atoms with E-state index < -0.39 is 5.97 Å². The van der Waals surface area contributed by atoms with E-state index in [1.807, 2.05) is 84.9 Å². The van der Waals surface area contributed by atoms with Gasteiger partial charge in [0.05, 0.1) is 5.56 Å². The predicted octanol–water partition coefficient (Wildman–Crippen LogP) is 5.25. The molecule has 0 fully saturated rings. The van der Waals surface area contributed by atoms with Crippen molar-refractivity contribution in [2.45, 2.75) is 6.61 Å². The Kier molecular flexibility index (Phi) is 5.76. The number of ether oxygens (including phenoxy) is 3. The number of carbonyl (C=O) groups is 1. The third-order valence-corrected chi connectivity index (χ3v) is 4.34. The molecule has 0 aliphatic carbocycles. The second kappa shape index (κ2) is 8.97. The van der Waals surface area contributed by atoms with Gasteiger partial charge in [0.1, 0.15) is 36.9 Å². The average molecular weight is 388 g/mol. The van der Waals surface area contributed by atoms with Crippen LogP contribution in [-0.4, -0.2) is 19.2 Å². The van der Waals surface area contributed by atoms with E-state index in [4.69, 9.17) is 18.6 Å². The summed E-state index contributed by atoms with van der Waals surface area (Å²) in [7, 11) is 0. The number of fused-ring (bicyclic) bond motifs is 1. The quantitative estimate of drug-likeness (QED) is 0.305. The summed E-state index contributed by atoms with van der Waals surface area (Å²) in [6.07, 6.45) is 0. The lowest BCUT2D eigenvalue weighted by molar-refractivity contribution is 0.0414. The molecule has 0 N–H and O–H groups in total. The van der Waals surface area contributed by atoms with Gasteiger partial charge in [-0.05, 0) is 30.3 Å². The summed E-state index contributed by atoms with van der Waals surface area (Å²) >= 11 is 0. The van der Waals surface area contributed by atoms with Crippen LogP contribution in [0, 0.1) is 0 Å². The molecule has 0 radical (unpaired) electrons. The molecule has 146 valence electrons. The highest BCUT2D eigenvalue weighted by Gasteiger charge is 2.22. The van der Waals surface area contributed by atoms with Crippen LogP contribution in [0.1, 0.15) is 16.1 Å². The van der Waals surface area contributed by atoms with E-state index in [-0.39, 0.29) is 25.6 Å². The number of esters is 1. The largest absolute Gasteiger partial charge is 0.490 e. The van der Waals surface area contributed by atoms with Gasteiger partial charge in [0.2, 0.25) is 5.76 Å². The molecule has 4 aromatic rings. The maximum absolute atomic E-state index is 12.6. The van der Waals surface area contributed by atoms with E-state index in [0.29, 0.717) is 16.9 Å². The number of para-hydroxylation sites is 3. The fraction of sp³-hybridized carbons (Fsp3) is 0.125. The number of benzene rings is 3. The first-order chi connectivity index (χ1) is 14.3. The normalized spacial score (nSPS) is 10.6. The highest BCUT2D eigenvalue weighted by atomic mass is 16.6. The van der Waals surface area contributed by atoms with Gasteiger partial charge in [0, 0.05) is 5.39 Å². The van der Waals surface area contributed by atoms with E-state index in [1.165, 1.54) is 0 Å². The molecule has 0 bridgehead atoms. The van der Waals surface area contributed by atoms with Gasteiger partial charge >= 0.3 is 5.97 Å². The summed E-state index contributed by atoms with van der Waals surface area (Å²) in [5.74, 6) is 1.06. The third-order valence-electron chi connectivity index (χ3n) is 4.34. The van der Waals surface area contributed by atoms with Crippen LogP contribution < -0.4 is 9.47 Å². The Morgan fingerprint density at radius 3 is 2.07 bits per heavy atom. The molecule has 0 amide bonds. The Hall–Kier alpha value is -3.73. The Bertz CT molecular complexity index is 1070. The van der Waals surface area contributed by atoms with E-state index in [2.05, 4.69) is 0 Å². The Morgan fingerprint density at radius 1 is 0.724 bits per heavy atom. The van der Waals surface area contributed by atoms with Crippen LogP contribution >= 0.6 is 0 Å². The van der Waals surface area contributed by atoms with Crippen molar-refractivity contribution in [3.05, 3.63) is 96.3 Å². The van der Waals surface area contributed by atoms with Gasteiger partial charge in [0.25, 0.3) is 0 Å². The minimum atomic E-state index is -0.537. The van der Waals surface area contributed by atoms with Crippen LogP contribution in [0.2, 0.25) is 0 Å². The second-order valence-corrected chi connectivity index (χ2v) is 6.31. The van der Waals surface area contributed by atoms with Crippen LogP contribution in [0.15, 0.2) is 89.3 Å². The summed E-state index contributed by atoms with van der Waals surface area (Å²) in [4.78, 5) is 12.6. The molecule has 5 heteroatoms. The molecule has 0 atom stereocenters. The number of hydrogen-bond acceptors (Lipinski definition) is 5. The lowest BCUT2D eigenvalue weighted by Crippen LogP contribution is -2.13. The van der Waals surface area contributed by atoms with Crippen LogP contribution in [0.3, 0.4) is 0 Å². The molecule has 4 rings (SSSR count). The van der Waals surface area contributed by atoms with Crippen molar-refractivity contribution in [2.75, 3.05) is 13.2 Å². The van der Waals surface area contributed by atoms with E-state index in [0.717, 1.165) is 11.1 Å². The summed E-state index contributed by atoms with van der Waals surface area (Å²) in [5, 5.41) is 0.830. The van der Waals surface area contributed by atoms with E-state index >= 15 is 0 Å². The van der Waals surface area contributed by atoms with Crippen molar-refractivity contribution in [3.8, 4) is 11.5 Å². The van der Waals surface area contributed by atoms with Gasteiger partial charge < -0.3 is 18.6 Å². The zero-order valence-corrected chi connectivity index (χ0v) is 15.7. The Labute approximate surface area is 168 Å². The summed E-state index contributed by atoms with van der Waals surface area (Å²) < 4.78 is 22.5. The Morgan fingerprint density at radius 2 is 1.34 bits per heavy atom. The molecule has 1 heterocycles. The third kappa shape index (κ3) is 4.58. The van der Waals surface area contributed by atoms with Crippen molar-refractivity contribution < 1.29 is 23.4 Å². The minimum Gasteiger partial charge on any atom is -0.490 e. The summed E-state index contributed by atoms with van der Waals surface area (Å²) in [6, 6.07) is 26.3. The van der Waals surface area contributed by atoms with Crippen LogP contribution in [0.4, 0.5) is 0 Å². The fourth-order valence-electron chi connectivity index (χ4n) is 2.96. The molecule has 0 aliphatic rings. The number of furan rings is 1. The van der Waals surface area contributed by atoms with Gasteiger partial charge in [-0.25, -0.2) is 4.79 Å². The first-order valence-corrected chi connectivity index (χ1v) is 9.34. The van der Waals surface area contributed by atoms with Gasteiger partial charge in [-0.2, -0.15) is 0 Å². The zero-order chi connectivity index (χ0) is 19.9. The molecule has 0 saturated carbocycles. The topological polar surface area (TPSA) is 57.9 Å². The van der Waals surface area contributed by atoms with Gasteiger partial charge in [-0.3, -0.25) is 0 Å². The molecule has 29 heavy (non-hydrogen) atoms. The van der Waals surface area contributed by atoms with Crippen molar-refractivity contribution in [3.63, 3.8) is 0 Å². The molecule has 5 nitrogen and oxygen atoms in total. The number of hydrogen-bond donors (Lipinski definition) is 0. The first-order valence-electron chi connectivity index (χ1n) is 9.34. The summed E-state index contributed by atoms with van der Waals surface area (Å²) in [5.41, 5.74) is 1.28. The highest BCUT2D eigenvalue weighted by Crippen LogP contribution is 2.28. The zero-order valence-electron chi connectivity index (χ0n) is 15.7. The molecular weight excluding hydrogens is 368 g/mol. The lowest BCUT2D eigenvalue weighted by Gasteiger charge is -2.08. The maximum Gasteiger partial charge on any atom is 0.374 e. The van der Waals surface area contributed by atoms with E-state index in [9.17, 15) is 4.79 Å². The molecule has 1 aromatic heterocycles. The molecule has 3 aromatic carbocycles. The first kappa shape index (κ1) is 18.6. The van der Waals surface area contributed by atoms with Crippen LogP contribution in [-0.2, 0) is 11.3 Å². The molecule has 0 aliphatic heterocycles. The molecule has 0 unspecified atom stereocenters. The van der Waals surface area contributed by atoms with Crippen molar-refractivity contribution in [1.29, 1.82) is 0 Å². The van der Waals surface area contributed by atoms with Gasteiger partial charge in [-0.15, -0.1) is 0 Å². The van der Waals surface area contributed by atoms with Gasteiger partial charge in [0.15, 0.2) is 0 Å².